The van der Waals surface area contributed by atoms with Crippen LogP contribution in [0, 0.1) is 5.41 Å². The van der Waals surface area contributed by atoms with Crippen molar-refractivity contribution in [3.05, 3.63) is 0 Å². The van der Waals surface area contributed by atoms with Crippen molar-refractivity contribution in [1.29, 1.82) is 0 Å². The normalized spacial score (nSPS) is 13.5. The van der Waals surface area contributed by atoms with Crippen molar-refractivity contribution in [2.24, 2.45) is 11.1 Å². The summed E-state index contributed by atoms with van der Waals surface area (Å²) >= 11 is 0. The summed E-state index contributed by atoms with van der Waals surface area (Å²) in [6.07, 6.45) is 3.29. The standard InChI is InChI=1S/C13H28N2O2/c1-5-11(10-17-4)15-12(16)6-7-13(2,3)8-9-14/h11H,5-10,14H2,1-4H3,(H,15,16). The zero-order chi connectivity index (χ0) is 13.3. The number of carbonyl (C=O) groups excluding carboxylic acids is 1. The summed E-state index contributed by atoms with van der Waals surface area (Å²) in [5.41, 5.74) is 5.69. The highest BCUT2D eigenvalue weighted by Gasteiger charge is 2.19. The first-order valence-electron chi connectivity index (χ1n) is 6.43. The lowest BCUT2D eigenvalue weighted by Gasteiger charge is -2.24. The van der Waals surface area contributed by atoms with E-state index in [9.17, 15) is 4.79 Å². The van der Waals surface area contributed by atoms with Gasteiger partial charge in [0.2, 0.25) is 5.91 Å². The monoisotopic (exact) mass is 244 g/mol. The molecule has 0 aliphatic carbocycles. The van der Waals surface area contributed by atoms with Gasteiger partial charge in [0.1, 0.15) is 0 Å². The molecule has 4 heteroatoms. The Morgan fingerprint density at radius 3 is 2.53 bits per heavy atom. The first kappa shape index (κ1) is 16.4. The third-order valence-corrected chi connectivity index (χ3v) is 3.08. The molecular formula is C13H28N2O2. The van der Waals surface area contributed by atoms with Gasteiger partial charge >= 0.3 is 0 Å². The quantitative estimate of drug-likeness (QED) is 0.648. The minimum atomic E-state index is 0.110. The fourth-order valence-electron chi connectivity index (χ4n) is 1.73. The minimum Gasteiger partial charge on any atom is -0.383 e. The number of nitrogens with one attached hydrogen (secondary N) is 1. The van der Waals surface area contributed by atoms with Gasteiger partial charge in [-0.1, -0.05) is 20.8 Å². The smallest absolute Gasteiger partial charge is 0.220 e. The summed E-state index contributed by atoms with van der Waals surface area (Å²) in [6, 6.07) is 0.130. The van der Waals surface area contributed by atoms with Gasteiger partial charge in [0.05, 0.1) is 12.6 Å². The number of rotatable bonds is 9. The second-order valence-corrected chi connectivity index (χ2v) is 5.33. The van der Waals surface area contributed by atoms with Gasteiger partial charge in [0, 0.05) is 13.5 Å². The van der Waals surface area contributed by atoms with Crippen LogP contribution >= 0.6 is 0 Å². The van der Waals surface area contributed by atoms with E-state index >= 15 is 0 Å². The topological polar surface area (TPSA) is 64.3 Å². The zero-order valence-electron chi connectivity index (χ0n) is 11.7. The highest BCUT2D eigenvalue weighted by atomic mass is 16.5. The summed E-state index contributed by atoms with van der Waals surface area (Å²) < 4.78 is 5.05. The molecule has 0 saturated carbocycles. The lowest BCUT2D eigenvalue weighted by molar-refractivity contribution is -0.122. The van der Waals surface area contributed by atoms with Gasteiger partial charge in [-0.05, 0) is 31.2 Å². The number of methoxy groups -OCH3 is 1. The van der Waals surface area contributed by atoms with Crippen LogP contribution in [0.4, 0.5) is 0 Å². The molecule has 0 aromatic heterocycles. The molecule has 3 N–H and O–H groups in total. The third kappa shape index (κ3) is 8.16. The van der Waals surface area contributed by atoms with Crippen LogP contribution in [0.2, 0.25) is 0 Å². The molecular weight excluding hydrogens is 216 g/mol. The lowest BCUT2D eigenvalue weighted by Crippen LogP contribution is -2.37. The first-order chi connectivity index (χ1) is 7.95. The molecule has 0 aromatic carbocycles. The van der Waals surface area contributed by atoms with E-state index in [2.05, 4.69) is 19.2 Å². The van der Waals surface area contributed by atoms with Crippen molar-refractivity contribution in [2.45, 2.75) is 52.5 Å². The molecule has 0 aliphatic heterocycles. The fraction of sp³-hybridized carbons (Fsp3) is 0.923. The van der Waals surface area contributed by atoms with E-state index in [1.54, 1.807) is 7.11 Å². The van der Waals surface area contributed by atoms with Crippen molar-refractivity contribution in [1.82, 2.24) is 5.32 Å². The number of carbonyl (C=O) groups is 1. The third-order valence-electron chi connectivity index (χ3n) is 3.08. The van der Waals surface area contributed by atoms with E-state index in [4.69, 9.17) is 10.5 Å². The second kappa shape index (κ2) is 8.48. The maximum absolute atomic E-state index is 11.7. The maximum atomic E-state index is 11.7. The van der Waals surface area contributed by atoms with Crippen molar-refractivity contribution in [2.75, 3.05) is 20.3 Å². The van der Waals surface area contributed by atoms with Crippen LogP contribution < -0.4 is 11.1 Å². The summed E-state index contributed by atoms with van der Waals surface area (Å²) in [6.45, 7) is 7.60. The average Bonchev–Trinajstić information content (AvgIpc) is 2.26. The Balaban J connectivity index is 3.93. The van der Waals surface area contributed by atoms with Gasteiger partial charge in [-0.2, -0.15) is 0 Å². The fourth-order valence-corrected chi connectivity index (χ4v) is 1.73. The van der Waals surface area contributed by atoms with Crippen LogP contribution in [-0.4, -0.2) is 32.2 Å². The Hall–Kier alpha value is -0.610. The summed E-state index contributed by atoms with van der Waals surface area (Å²) in [5.74, 6) is 0.110. The Kier molecular flexibility index (Phi) is 8.17. The van der Waals surface area contributed by atoms with Crippen LogP contribution in [0.5, 0.6) is 0 Å². The molecule has 0 rings (SSSR count). The molecule has 1 atom stereocenters. The summed E-state index contributed by atoms with van der Waals surface area (Å²) in [5, 5.41) is 2.99. The van der Waals surface area contributed by atoms with E-state index in [0.717, 1.165) is 19.3 Å². The van der Waals surface area contributed by atoms with E-state index in [0.29, 0.717) is 19.6 Å². The number of ether oxygens (including phenoxy) is 1. The number of nitrogens with two attached hydrogens (primary N) is 1. The molecule has 4 nitrogen and oxygen atoms in total. The SMILES string of the molecule is CCC(COC)NC(=O)CCC(C)(C)CCN. The Morgan fingerprint density at radius 1 is 1.41 bits per heavy atom. The van der Waals surface area contributed by atoms with E-state index in [1.807, 2.05) is 6.92 Å². The number of amides is 1. The van der Waals surface area contributed by atoms with Crippen molar-refractivity contribution in [3.63, 3.8) is 0 Å². The Bertz CT molecular complexity index is 217. The molecule has 17 heavy (non-hydrogen) atoms. The second-order valence-electron chi connectivity index (χ2n) is 5.33. The Labute approximate surface area is 105 Å². The van der Waals surface area contributed by atoms with Crippen molar-refractivity contribution in [3.8, 4) is 0 Å². The molecule has 0 radical (unpaired) electrons. The van der Waals surface area contributed by atoms with E-state index in [-0.39, 0.29) is 17.4 Å². The lowest BCUT2D eigenvalue weighted by atomic mass is 9.84. The summed E-state index contributed by atoms with van der Waals surface area (Å²) in [7, 11) is 1.65. The minimum absolute atomic E-state index is 0.110. The van der Waals surface area contributed by atoms with Gasteiger partial charge in [-0.15, -0.1) is 0 Å². The van der Waals surface area contributed by atoms with Crippen molar-refractivity contribution >= 4 is 5.91 Å². The van der Waals surface area contributed by atoms with Gasteiger partial charge in [-0.3, -0.25) is 4.79 Å². The van der Waals surface area contributed by atoms with Gasteiger partial charge < -0.3 is 15.8 Å². The number of hydrogen-bond acceptors (Lipinski definition) is 3. The molecule has 0 saturated heterocycles. The van der Waals surface area contributed by atoms with Crippen LogP contribution in [0.3, 0.4) is 0 Å². The largest absolute Gasteiger partial charge is 0.383 e. The van der Waals surface area contributed by atoms with Crippen LogP contribution in [0.15, 0.2) is 0 Å². The average molecular weight is 244 g/mol. The maximum Gasteiger partial charge on any atom is 0.220 e. The molecule has 0 heterocycles. The number of hydrogen-bond donors (Lipinski definition) is 2. The molecule has 0 fully saturated rings. The highest BCUT2D eigenvalue weighted by molar-refractivity contribution is 5.76. The van der Waals surface area contributed by atoms with Crippen LogP contribution in [0.1, 0.15) is 46.5 Å². The van der Waals surface area contributed by atoms with Crippen LogP contribution in [-0.2, 0) is 9.53 Å². The predicted molar refractivity (Wildman–Crippen MR) is 70.8 cm³/mol. The molecule has 0 aliphatic rings. The molecule has 102 valence electrons. The van der Waals surface area contributed by atoms with Gasteiger partial charge in [-0.25, -0.2) is 0 Å². The first-order valence-corrected chi connectivity index (χ1v) is 6.43. The van der Waals surface area contributed by atoms with Crippen LogP contribution in [0.25, 0.3) is 0 Å². The molecule has 1 amide bonds. The van der Waals surface area contributed by atoms with Gasteiger partial charge in [0.15, 0.2) is 0 Å². The molecule has 0 bridgehead atoms. The van der Waals surface area contributed by atoms with Gasteiger partial charge in [0.25, 0.3) is 0 Å². The highest BCUT2D eigenvalue weighted by Crippen LogP contribution is 2.25. The zero-order valence-corrected chi connectivity index (χ0v) is 11.7. The van der Waals surface area contributed by atoms with E-state index in [1.165, 1.54) is 0 Å². The van der Waals surface area contributed by atoms with Crippen molar-refractivity contribution < 1.29 is 9.53 Å². The predicted octanol–water partition coefficient (Wildman–Crippen LogP) is 1.68. The van der Waals surface area contributed by atoms with E-state index < -0.39 is 0 Å². The molecule has 0 aromatic rings. The molecule has 1 unspecified atom stereocenters. The molecule has 0 spiro atoms. The Morgan fingerprint density at radius 2 is 2.06 bits per heavy atom. The summed E-state index contributed by atoms with van der Waals surface area (Å²) in [4.78, 5) is 11.7.